The molecule has 2 unspecified atom stereocenters. The van der Waals surface area contributed by atoms with Crippen LogP contribution in [0.3, 0.4) is 0 Å². The van der Waals surface area contributed by atoms with E-state index in [0.717, 1.165) is 11.1 Å². The summed E-state index contributed by atoms with van der Waals surface area (Å²) >= 11 is 0. The van der Waals surface area contributed by atoms with Gasteiger partial charge in [0.05, 0.1) is 0 Å². The van der Waals surface area contributed by atoms with Crippen LogP contribution in [0.25, 0.3) is 0 Å². The first kappa shape index (κ1) is 15.5. The van der Waals surface area contributed by atoms with Crippen molar-refractivity contribution in [2.45, 2.75) is 53.2 Å². The molecule has 0 bridgehead atoms. The van der Waals surface area contributed by atoms with Crippen LogP contribution in [0.2, 0.25) is 0 Å². The van der Waals surface area contributed by atoms with Crippen molar-refractivity contribution in [3.8, 4) is 0 Å². The monoisotopic (exact) mass is 289 g/mol. The van der Waals surface area contributed by atoms with Crippen molar-refractivity contribution < 1.29 is 9.59 Å². The Morgan fingerprint density at radius 2 is 1.95 bits per heavy atom. The largest absolute Gasteiger partial charge is 0.343 e. The number of carbonyl (C=O) groups excluding carboxylic acids is 2. The summed E-state index contributed by atoms with van der Waals surface area (Å²) < 4.78 is 0. The molecule has 5 heteroatoms. The highest BCUT2D eigenvalue weighted by Gasteiger charge is 2.44. The fraction of sp³-hybridized carbons (Fsp3) is 0.562. The fourth-order valence-corrected chi connectivity index (χ4v) is 2.80. The van der Waals surface area contributed by atoms with Gasteiger partial charge >= 0.3 is 0 Å². The molecule has 2 amide bonds. The summed E-state index contributed by atoms with van der Waals surface area (Å²) in [5, 5.41) is 2.77. The summed E-state index contributed by atoms with van der Waals surface area (Å²) in [5.41, 5.74) is 1.66. The summed E-state index contributed by atoms with van der Waals surface area (Å²) in [6.45, 7) is 10.0. The standard InChI is InChI=1S/C16H23N3O2/c1-10-6-12(8-17-7-10)9-19-13(16(3,4)5)14(20)18-11(2)15(19)21/h6-8,11,13H,9H2,1-5H3,(H,18,20). The van der Waals surface area contributed by atoms with Crippen molar-refractivity contribution in [1.29, 1.82) is 0 Å². The number of nitrogens with one attached hydrogen (secondary N) is 1. The van der Waals surface area contributed by atoms with Crippen LogP contribution in [0.15, 0.2) is 18.5 Å². The van der Waals surface area contributed by atoms with E-state index in [2.05, 4.69) is 10.3 Å². The molecule has 0 aromatic carbocycles. The number of amides is 2. The van der Waals surface area contributed by atoms with Gasteiger partial charge in [0.2, 0.25) is 11.8 Å². The van der Waals surface area contributed by atoms with Gasteiger partial charge in [-0.3, -0.25) is 14.6 Å². The maximum Gasteiger partial charge on any atom is 0.245 e. The third kappa shape index (κ3) is 3.23. The Morgan fingerprint density at radius 1 is 1.29 bits per heavy atom. The zero-order valence-electron chi connectivity index (χ0n) is 13.3. The molecule has 5 nitrogen and oxygen atoms in total. The first-order valence-corrected chi connectivity index (χ1v) is 7.21. The average molecular weight is 289 g/mol. The quantitative estimate of drug-likeness (QED) is 0.900. The molecule has 1 aromatic heterocycles. The Hall–Kier alpha value is -1.91. The van der Waals surface area contributed by atoms with E-state index in [-0.39, 0.29) is 17.2 Å². The number of aryl methyl sites for hydroxylation is 1. The van der Waals surface area contributed by atoms with Gasteiger partial charge in [-0.25, -0.2) is 0 Å². The molecule has 1 saturated heterocycles. The predicted octanol–water partition coefficient (Wildman–Crippen LogP) is 1.65. The molecule has 0 aliphatic carbocycles. The second-order valence-electron chi connectivity index (χ2n) is 6.84. The van der Waals surface area contributed by atoms with E-state index in [1.165, 1.54) is 0 Å². The Labute approximate surface area is 125 Å². The lowest BCUT2D eigenvalue weighted by molar-refractivity contribution is -0.154. The Morgan fingerprint density at radius 3 is 2.52 bits per heavy atom. The van der Waals surface area contributed by atoms with Gasteiger partial charge < -0.3 is 10.2 Å². The lowest BCUT2D eigenvalue weighted by Crippen LogP contribution is -2.65. The second kappa shape index (κ2) is 5.47. The molecular formula is C16H23N3O2. The van der Waals surface area contributed by atoms with Gasteiger partial charge in [-0.05, 0) is 30.4 Å². The van der Waals surface area contributed by atoms with Crippen LogP contribution >= 0.6 is 0 Å². The normalized spacial score (nSPS) is 23.2. The van der Waals surface area contributed by atoms with Crippen molar-refractivity contribution >= 4 is 11.8 Å². The van der Waals surface area contributed by atoms with Crippen LogP contribution < -0.4 is 5.32 Å². The number of nitrogens with zero attached hydrogens (tertiary/aromatic N) is 2. The second-order valence-corrected chi connectivity index (χ2v) is 6.84. The van der Waals surface area contributed by atoms with Crippen molar-refractivity contribution in [1.82, 2.24) is 15.2 Å². The highest BCUT2D eigenvalue weighted by atomic mass is 16.2. The van der Waals surface area contributed by atoms with Crippen molar-refractivity contribution in [3.63, 3.8) is 0 Å². The van der Waals surface area contributed by atoms with Crippen LogP contribution in [0.1, 0.15) is 38.8 Å². The van der Waals surface area contributed by atoms with Gasteiger partial charge in [0.25, 0.3) is 0 Å². The molecule has 0 spiro atoms. The number of aromatic nitrogens is 1. The van der Waals surface area contributed by atoms with Crippen LogP contribution in [-0.2, 0) is 16.1 Å². The number of hydrogen-bond acceptors (Lipinski definition) is 3. The van der Waals surface area contributed by atoms with Crippen LogP contribution in [-0.4, -0.2) is 33.8 Å². The van der Waals surface area contributed by atoms with E-state index < -0.39 is 12.1 Å². The molecule has 1 N–H and O–H groups in total. The van der Waals surface area contributed by atoms with Crippen molar-refractivity contribution in [3.05, 3.63) is 29.6 Å². The van der Waals surface area contributed by atoms with Crippen LogP contribution in [0.5, 0.6) is 0 Å². The first-order chi connectivity index (χ1) is 9.70. The topological polar surface area (TPSA) is 62.3 Å². The molecule has 21 heavy (non-hydrogen) atoms. The molecule has 1 aliphatic rings. The molecule has 2 rings (SSSR count). The minimum absolute atomic E-state index is 0.0453. The smallest absolute Gasteiger partial charge is 0.245 e. The highest BCUT2D eigenvalue weighted by Crippen LogP contribution is 2.29. The lowest BCUT2D eigenvalue weighted by atomic mass is 9.83. The Bertz CT molecular complexity index is 563. The molecule has 1 fully saturated rings. The zero-order valence-corrected chi connectivity index (χ0v) is 13.3. The fourth-order valence-electron chi connectivity index (χ4n) is 2.80. The van der Waals surface area contributed by atoms with Crippen molar-refractivity contribution in [2.24, 2.45) is 5.41 Å². The Kier molecular flexibility index (Phi) is 4.03. The van der Waals surface area contributed by atoms with Crippen molar-refractivity contribution in [2.75, 3.05) is 0 Å². The number of hydrogen-bond donors (Lipinski definition) is 1. The highest BCUT2D eigenvalue weighted by molar-refractivity contribution is 5.97. The number of carbonyl (C=O) groups is 2. The maximum atomic E-state index is 12.5. The van der Waals surface area contributed by atoms with Gasteiger partial charge in [0.1, 0.15) is 12.1 Å². The lowest BCUT2D eigenvalue weighted by Gasteiger charge is -2.44. The third-order valence-electron chi connectivity index (χ3n) is 3.68. The molecule has 2 atom stereocenters. The van der Waals surface area contributed by atoms with E-state index in [1.807, 2.05) is 33.8 Å². The minimum atomic E-state index is -0.478. The van der Waals surface area contributed by atoms with E-state index in [9.17, 15) is 9.59 Å². The third-order valence-corrected chi connectivity index (χ3v) is 3.68. The molecule has 1 aromatic rings. The number of piperazine rings is 1. The van der Waals surface area contributed by atoms with E-state index in [1.54, 1.807) is 24.2 Å². The Balaban J connectivity index is 2.34. The molecular weight excluding hydrogens is 266 g/mol. The van der Waals surface area contributed by atoms with E-state index in [4.69, 9.17) is 0 Å². The van der Waals surface area contributed by atoms with Gasteiger partial charge in [0.15, 0.2) is 0 Å². The molecule has 2 heterocycles. The van der Waals surface area contributed by atoms with Gasteiger partial charge in [-0.15, -0.1) is 0 Å². The van der Waals surface area contributed by atoms with E-state index >= 15 is 0 Å². The summed E-state index contributed by atoms with van der Waals surface area (Å²) in [7, 11) is 0. The summed E-state index contributed by atoms with van der Waals surface area (Å²) in [5.74, 6) is -0.133. The minimum Gasteiger partial charge on any atom is -0.343 e. The summed E-state index contributed by atoms with van der Waals surface area (Å²) in [6, 6.07) is 1.05. The van der Waals surface area contributed by atoms with Gasteiger partial charge in [-0.1, -0.05) is 26.8 Å². The molecule has 0 saturated carbocycles. The maximum absolute atomic E-state index is 12.5. The summed E-state index contributed by atoms with van der Waals surface area (Å²) in [6.07, 6.45) is 3.52. The van der Waals surface area contributed by atoms with E-state index in [0.29, 0.717) is 6.54 Å². The zero-order chi connectivity index (χ0) is 15.8. The number of pyridine rings is 1. The SMILES string of the molecule is Cc1cncc(CN2C(=O)C(C)NC(=O)C2C(C)(C)C)c1. The van der Waals surface area contributed by atoms with Gasteiger partial charge in [-0.2, -0.15) is 0 Å². The molecule has 114 valence electrons. The van der Waals surface area contributed by atoms with Gasteiger partial charge in [0, 0.05) is 18.9 Å². The summed E-state index contributed by atoms with van der Waals surface area (Å²) in [4.78, 5) is 30.7. The van der Waals surface area contributed by atoms with Crippen LogP contribution in [0, 0.1) is 12.3 Å². The average Bonchev–Trinajstić information content (AvgIpc) is 2.34. The molecule has 1 aliphatic heterocycles. The predicted molar refractivity (Wildman–Crippen MR) is 80.4 cm³/mol. The van der Waals surface area contributed by atoms with Crippen LogP contribution in [0.4, 0.5) is 0 Å². The molecule has 0 radical (unpaired) electrons. The number of rotatable bonds is 2. The first-order valence-electron chi connectivity index (χ1n) is 7.21.